The molecule has 3 heterocycles. The Kier molecular flexibility index (Phi) is 6.68. The molecule has 1 aliphatic rings. The highest BCUT2D eigenvalue weighted by Gasteiger charge is 2.27. The molecule has 0 aliphatic carbocycles. The smallest absolute Gasteiger partial charge is 0.223 e. The number of para-hydroxylation sites is 1. The van der Waals surface area contributed by atoms with E-state index < -0.39 is 0 Å². The van der Waals surface area contributed by atoms with Crippen LogP contribution in [0.25, 0.3) is 16.7 Å². The van der Waals surface area contributed by atoms with Gasteiger partial charge in [0.05, 0.1) is 17.3 Å². The molecule has 1 saturated heterocycles. The van der Waals surface area contributed by atoms with Gasteiger partial charge in [0.1, 0.15) is 11.6 Å². The van der Waals surface area contributed by atoms with Crippen molar-refractivity contribution in [1.82, 2.24) is 24.6 Å². The number of amides is 1. The van der Waals surface area contributed by atoms with E-state index in [1.807, 2.05) is 46.1 Å². The van der Waals surface area contributed by atoms with Crippen LogP contribution in [0.2, 0.25) is 0 Å². The first-order chi connectivity index (χ1) is 15.8. The summed E-state index contributed by atoms with van der Waals surface area (Å²) in [7, 11) is 0. The maximum absolute atomic E-state index is 12.7. The standard InChI is InChI=1S/C26H36N6O/c1-6-10-19(2)23-28-24(31-15-13-30(14-16-31)22(33)17-26(3,4)5)21-18-27-32(25(21)29-23)20-11-8-7-9-12-20/h7-9,11-12,18-19H,6,10,13-17H2,1-5H3. The summed E-state index contributed by atoms with van der Waals surface area (Å²) in [6, 6.07) is 10.1. The fourth-order valence-corrected chi connectivity index (χ4v) is 4.42. The van der Waals surface area contributed by atoms with Crippen LogP contribution in [0, 0.1) is 5.41 Å². The third-order valence-corrected chi connectivity index (χ3v) is 6.20. The Hall–Kier alpha value is -2.96. The van der Waals surface area contributed by atoms with Crippen molar-refractivity contribution in [3.63, 3.8) is 0 Å². The first kappa shape index (κ1) is 23.2. The van der Waals surface area contributed by atoms with E-state index in [1.54, 1.807) is 0 Å². The maximum Gasteiger partial charge on any atom is 0.223 e. The monoisotopic (exact) mass is 448 g/mol. The Morgan fingerprint density at radius 1 is 1.06 bits per heavy atom. The van der Waals surface area contributed by atoms with Gasteiger partial charge >= 0.3 is 0 Å². The average molecular weight is 449 g/mol. The van der Waals surface area contributed by atoms with E-state index in [2.05, 4.69) is 44.6 Å². The predicted molar refractivity (Wildman–Crippen MR) is 133 cm³/mol. The number of hydrogen-bond donors (Lipinski definition) is 0. The van der Waals surface area contributed by atoms with Crippen molar-refractivity contribution in [3.05, 3.63) is 42.4 Å². The molecular weight excluding hydrogens is 412 g/mol. The van der Waals surface area contributed by atoms with Crippen molar-refractivity contribution in [2.75, 3.05) is 31.1 Å². The number of fused-ring (bicyclic) bond motifs is 1. The number of piperazine rings is 1. The molecule has 1 amide bonds. The summed E-state index contributed by atoms with van der Waals surface area (Å²) in [5.41, 5.74) is 1.84. The highest BCUT2D eigenvalue weighted by Crippen LogP contribution is 2.30. The van der Waals surface area contributed by atoms with Crippen molar-refractivity contribution in [2.45, 2.75) is 59.8 Å². The van der Waals surface area contributed by atoms with E-state index in [0.717, 1.165) is 54.3 Å². The van der Waals surface area contributed by atoms with Crippen LogP contribution >= 0.6 is 0 Å². The van der Waals surface area contributed by atoms with E-state index >= 15 is 0 Å². The third-order valence-electron chi connectivity index (χ3n) is 6.20. The molecule has 3 aromatic rings. The molecular formula is C26H36N6O. The summed E-state index contributed by atoms with van der Waals surface area (Å²) in [6.45, 7) is 13.7. The van der Waals surface area contributed by atoms with Crippen LogP contribution in [0.1, 0.15) is 65.6 Å². The number of nitrogens with zero attached hydrogens (tertiary/aromatic N) is 6. The highest BCUT2D eigenvalue weighted by atomic mass is 16.2. The van der Waals surface area contributed by atoms with E-state index in [9.17, 15) is 4.79 Å². The minimum atomic E-state index is 0.00335. The van der Waals surface area contributed by atoms with Crippen LogP contribution in [-0.2, 0) is 4.79 Å². The second kappa shape index (κ2) is 9.49. The highest BCUT2D eigenvalue weighted by molar-refractivity contribution is 5.88. The molecule has 0 spiro atoms. The van der Waals surface area contributed by atoms with E-state index in [4.69, 9.17) is 9.97 Å². The Morgan fingerprint density at radius 2 is 1.76 bits per heavy atom. The topological polar surface area (TPSA) is 67.2 Å². The second-order valence-corrected chi connectivity index (χ2v) is 10.3. The summed E-state index contributed by atoms with van der Waals surface area (Å²) >= 11 is 0. The largest absolute Gasteiger partial charge is 0.352 e. The Bertz CT molecular complexity index is 1090. The van der Waals surface area contributed by atoms with Gasteiger partial charge in [-0.25, -0.2) is 14.6 Å². The van der Waals surface area contributed by atoms with Gasteiger partial charge in [0.15, 0.2) is 5.65 Å². The molecule has 0 bridgehead atoms. The zero-order valence-electron chi connectivity index (χ0n) is 20.6. The molecule has 4 rings (SSSR count). The number of hydrogen-bond acceptors (Lipinski definition) is 5. The molecule has 33 heavy (non-hydrogen) atoms. The van der Waals surface area contributed by atoms with Gasteiger partial charge in [0.2, 0.25) is 5.91 Å². The van der Waals surface area contributed by atoms with Gasteiger partial charge in [-0.1, -0.05) is 59.2 Å². The van der Waals surface area contributed by atoms with Crippen molar-refractivity contribution < 1.29 is 4.79 Å². The number of carbonyl (C=O) groups is 1. The summed E-state index contributed by atoms with van der Waals surface area (Å²) in [6.07, 6.45) is 4.58. The van der Waals surface area contributed by atoms with E-state index in [1.165, 1.54) is 0 Å². The quantitative estimate of drug-likeness (QED) is 0.542. The summed E-state index contributed by atoms with van der Waals surface area (Å²) in [5, 5.41) is 5.63. The lowest BCUT2D eigenvalue weighted by Gasteiger charge is -2.37. The fraction of sp³-hybridized carbons (Fsp3) is 0.538. The zero-order valence-corrected chi connectivity index (χ0v) is 20.6. The minimum Gasteiger partial charge on any atom is -0.352 e. The van der Waals surface area contributed by atoms with Gasteiger partial charge in [-0.3, -0.25) is 4.79 Å². The van der Waals surface area contributed by atoms with Crippen molar-refractivity contribution >= 4 is 22.8 Å². The molecule has 0 saturated carbocycles. The summed E-state index contributed by atoms with van der Waals surface area (Å²) in [5.74, 6) is 2.31. The summed E-state index contributed by atoms with van der Waals surface area (Å²) < 4.78 is 1.91. The van der Waals surface area contributed by atoms with Gasteiger partial charge in [-0.2, -0.15) is 5.10 Å². The second-order valence-electron chi connectivity index (χ2n) is 10.3. The van der Waals surface area contributed by atoms with Gasteiger partial charge < -0.3 is 9.80 Å². The number of rotatable bonds is 6. The molecule has 176 valence electrons. The minimum absolute atomic E-state index is 0.00335. The summed E-state index contributed by atoms with van der Waals surface area (Å²) in [4.78, 5) is 27.0. The van der Waals surface area contributed by atoms with Crippen LogP contribution < -0.4 is 4.90 Å². The molecule has 7 heteroatoms. The molecule has 1 aromatic carbocycles. The van der Waals surface area contributed by atoms with Crippen LogP contribution in [0.5, 0.6) is 0 Å². The lowest BCUT2D eigenvalue weighted by molar-refractivity contribution is -0.133. The van der Waals surface area contributed by atoms with Gasteiger partial charge in [0.25, 0.3) is 0 Å². The Morgan fingerprint density at radius 3 is 2.39 bits per heavy atom. The molecule has 7 nitrogen and oxygen atoms in total. The molecule has 1 fully saturated rings. The number of benzene rings is 1. The molecule has 2 aromatic heterocycles. The first-order valence-electron chi connectivity index (χ1n) is 12.1. The third kappa shape index (κ3) is 5.18. The van der Waals surface area contributed by atoms with E-state index in [-0.39, 0.29) is 17.2 Å². The first-order valence-corrected chi connectivity index (χ1v) is 12.1. The number of anilines is 1. The zero-order chi connectivity index (χ0) is 23.6. The molecule has 1 unspecified atom stereocenters. The average Bonchev–Trinajstić information content (AvgIpc) is 3.22. The van der Waals surface area contributed by atoms with Crippen molar-refractivity contribution in [3.8, 4) is 5.69 Å². The van der Waals surface area contributed by atoms with Crippen molar-refractivity contribution in [1.29, 1.82) is 0 Å². The Balaban J connectivity index is 1.66. The lowest BCUT2D eigenvalue weighted by Crippen LogP contribution is -2.49. The van der Waals surface area contributed by atoms with Gasteiger partial charge in [0, 0.05) is 38.5 Å². The van der Waals surface area contributed by atoms with Crippen LogP contribution in [0.4, 0.5) is 5.82 Å². The number of aromatic nitrogens is 4. The normalized spacial score (nSPS) is 15.8. The van der Waals surface area contributed by atoms with Gasteiger partial charge in [-0.15, -0.1) is 0 Å². The molecule has 1 aliphatic heterocycles. The SMILES string of the molecule is CCCC(C)c1nc(N2CCN(C(=O)CC(C)(C)C)CC2)c2cnn(-c3ccccc3)c2n1. The van der Waals surface area contributed by atoms with Crippen LogP contribution in [-0.4, -0.2) is 56.7 Å². The van der Waals surface area contributed by atoms with Gasteiger partial charge in [-0.05, 0) is 24.0 Å². The number of carbonyl (C=O) groups excluding carboxylic acids is 1. The van der Waals surface area contributed by atoms with Crippen LogP contribution in [0.15, 0.2) is 36.5 Å². The molecule has 0 radical (unpaired) electrons. The maximum atomic E-state index is 12.7. The molecule has 1 atom stereocenters. The lowest BCUT2D eigenvalue weighted by atomic mass is 9.91. The van der Waals surface area contributed by atoms with Crippen LogP contribution in [0.3, 0.4) is 0 Å². The Labute approximate surface area is 196 Å². The van der Waals surface area contributed by atoms with E-state index in [0.29, 0.717) is 19.5 Å². The predicted octanol–water partition coefficient (Wildman–Crippen LogP) is 4.80. The molecule has 0 N–H and O–H groups in total. The van der Waals surface area contributed by atoms with Crippen molar-refractivity contribution in [2.24, 2.45) is 5.41 Å². The fourth-order valence-electron chi connectivity index (χ4n) is 4.42.